The molecule has 2 aromatic rings. The number of halogens is 1. The number of amides is 1. The topological polar surface area (TPSA) is 49.6 Å². The number of anilines is 1. The molecule has 0 unspecified atom stereocenters. The molecule has 2 N–H and O–H groups in total. The van der Waals surface area contributed by atoms with Crippen LogP contribution in [-0.4, -0.2) is 36.5 Å². The van der Waals surface area contributed by atoms with Gasteiger partial charge in [-0.2, -0.15) is 0 Å². The third kappa shape index (κ3) is 3.75. The first-order valence-electron chi connectivity index (χ1n) is 9.70. The number of benzene rings is 2. The number of nitrogens with zero attached hydrogens (tertiary/aromatic N) is 2. The Morgan fingerprint density at radius 3 is 2.30 bits per heavy atom. The van der Waals surface area contributed by atoms with E-state index in [2.05, 4.69) is 29.2 Å². The van der Waals surface area contributed by atoms with Crippen LogP contribution in [0.25, 0.3) is 0 Å². The van der Waals surface area contributed by atoms with Crippen LogP contribution in [0.2, 0.25) is 5.02 Å². The minimum Gasteiger partial charge on any atom is -0.321 e. The second-order valence-electron chi connectivity index (χ2n) is 7.72. The Kier molecular flexibility index (Phi) is 5.22. The summed E-state index contributed by atoms with van der Waals surface area (Å²) in [4.78, 5) is 16.9. The molecule has 0 bridgehead atoms. The lowest BCUT2D eigenvalue weighted by Gasteiger charge is -2.44. The number of rotatable bonds is 3. The highest BCUT2D eigenvalue weighted by atomic mass is 35.5. The van der Waals surface area contributed by atoms with Crippen molar-refractivity contribution >= 4 is 23.2 Å². The van der Waals surface area contributed by atoms with Crippen LogP contribution in [0.3, 0.4) is 0 Å². The molecule has 27 heavy (non-hydrogen) atoms. The molecular weight excluding hydrogens is 358 g/mol. The zero-order valence-electron chi connectivity index (χ0n) is 15.5. The summed E-state index contributed by atoms with van der Waals surface area (Å²) >= 11 is 6.28. The Morgan fingerprint density at radius 2 is 1.63 bits per heavy atom. The standard InChI is InChI=1S/C22H26ClN3O/c23-19-8-4-5-9-20(19)26-15-14-25(16-21(26)27)18-10-12-22(24,13-11-18)17-6-2-1-3-7-17/h1-9,18H,10-16,24H2/t18-,22+. The largest absolute Gasteiger partial charge is 0.321 e. The molecule has 0 spiro atoms. The summed E-state index contributed by atoms with van der Waals surface area (Å²) in [5.74, 6) is 0.127. The minimum absolute atomic E-state index is 0.127. The van der Waals surface area contributed by atoms with Crippen LogP contribution in [0.1, 0.15) is 31.2 Å². The molecule has 0 aromatic heterocycles. The molecule has 4 rings (SSSR count). The van der Waals surface area contributed by atoms with Crippen molar-refractivity contribution in [3.05, 3.63) is 65.2 Å². The van der Waals surface area contributed by atoms with Gasteiger partial charge in [-0.1, -0.05) is 54.1 Å². The molecule has 2 fully saturated rings. The fraction of sp³-hybridized carbons (Fsp3) is 0.409. The maximum Gasteiger partial charge on any atom is 0.241 e. The molecule has 0 atom stereocenters. The molecular formula is C22H26ClN3O. The summed E-state index contributed by atoms with van der Waals surface area (Å²) in [5.41, 5.74) is 8.51. The van der Waals surface area contributed by atoms with Crippen LogP contribution in [0, 0.1) is 0 Å². The van der Waals surface area contributed by atoms with Gasteiger partial charge in [-0.05, 0) is 43.4 Å². The van der Waals surface area contributed by atoms with E-state index < -0.39 is 0 Å². The van der Waals surface area contributed by atoms with Gasteiger partial charge in [0.05, 0.1) is 17.3 Å². The van der Waals surface area contributed by atoms with Gasteiger partial charge in [-0.15, -0.1) is 0 Å². The number of hydrogen-bond donors (Lipinski definition) is 1. The van der Waals surface area contributed by atoms with E-state index in [0.717, 1.165) is 37.9 Å². The highest BCUT2D eigenvalue weighted by Gasteiger charge is 2.37. The average Bonchev–Trinajstić information content (AvgIpc) is 2.70. The van der Waals surface area contributed by atoms with Gasteiger partial charge in [-0.25, -0.2) is 0 Å². The Labute approximate surface area is 165 Å². The van der Waals surface area contributed by atoms with Crippen molar-refractivity contribution in [2.24, 2.45) is 5.73 Å². The Balaban J connectivity index is 1.38. The Hall–Kier alpha value is -1.88. The van der Waals surface area contributed by atoms with Crippen molar-refractivity contribution in [3.8, 4) is 0 Å². The van der Waals surface area contributed by atoms with E-state index in [1.807, 2.05) is 35.2 Å². The van der Waals surface area contributed by atoms with Crippen LogP contribution in [0.5, 0.6) is 0 Å². The first-order chi connectivity index (χ1) is 13.1. The summed E-state index contributed by atoms with van der Waals surface area (Å²) in [5, 5.41) is 0.632. The molecule has 1 saturated carbocycles. The number of carbonyl (C=O) groups is 1. The summed E-state index contributed by atoms with van der Waals surface area (Å²) in [7, 11) is 0. The van der Waals surface area contributed by atoms with E-state index >= 15 is 0 Å². The quantitative estimate of drug-likeness (QED) is 0.877. The minimum atomic E-state index is -0.235. The van der Waals surface area contributed by atoms with Gasteiger partial charge in [-0.3, -0.25) is 9.69 Å². The number of piperazine rings is 1. The van der Waals surface area contributed by atoms with E-state index in [-0.39, 0.29) is 11.4 Å². The number of nitrogens with two attached hydrogens (primary N) is 1. The number of para-hydroxylation sites is 1. The third-order valence-electron chi connectivity index (χ3n) is 6.11. The van der Waals surface area contributed by atoms with Gasteiger partial charge in [0.15, 0.2) is 0 Å². The Bertz CT molecular complexity index is 802. The van der Waals surface area contributed by atoms with Crippen LogP contribution < -0.4 is 10.6 Å². The lowest BCUT2D eigenvalue weighted by Crippen LogP contribution is -2.55. The predicted molar refractivity (Wildman–Crippen MR) is 110 cm³/mol. The van der Waals surface area contributed by atoms with Gasteiger partial charge in [0, 0.05) is 24.7 Å². The molecule has 1 heterocycles. The van der Waals surface area contributed by atoms with Crippen molar-refractivity contribution in [1.29, 1.82) is 0 Å². The summed E-state index contributed by atoms with van der Waals surface area (Å²) < 4.78 is 0. The van der Waals surface area contributed by atoms with Crippen molar-refractivity contribution in [2.45, 2.75) is 37.3 Å². The summed E-state index contributed by atoms with van der Waals surface area (Å²) in [6.45, 7) is 2.02. The highest BCUT2D eigenvalue weighted by Crippen LogP contribution is 2.37. The van der Waals surface area contributed by atoms with Crippen molar-refractivity contribution in [1.82, 2.24) is 4.90 Å². The van der Waals surface area contributed by atoms with Crippen molar-refractivity contribution < 1.29 is 4.79 Å². The molecule has 1 aliphatic carbocycles. The monoisotopic (exact) mass is 383 g/mol. The fourth-order valence-electron chi connectivity index (χ4n) is 4.47. The maximum atomic E-state index is 12.7. The molecule has 2 aromatic carbocycles. The number of carbonyl (C=O) groups excluding carboxylic acids is 1. The van der Waals surface area contributed by atoms with Crippen LogP contribution in [-0.2, 0) is 10.3 Å². The highest BCUT2D eigenvalue weighted by molar-refractivity contribution is 6.33. The second kappa shape index (κ2) is 7.63. The average molecular weight is 384 g/mol. The van der Waals surface area contributed by atoms with Crippen molar-refractivity contribution in [3.63, 3.8) is 0 Å². The normalized spacial score (nSPS) is 27.0. The lowest BCUT2D eigenvalue weighted by atomic mass is 9.75. The Morgan fingerprint density at radius 1 is 0.963 bits per heavy atom. The van der Waals surface area contributed by atoms with E-state index in [9.17, 15) is 4.79 Å². The van der Waals surface area contributed by atoms with E-state index in [0.29, 0.717) is 24.2 Å². The zero-order chi connectivity index (χ0) is 18.9. The summed E-state index contributed by atoms with van der Waals surface area (Å²) in [6.07, 6.45) is 3.98. The first-order valence-corrected chi connectivity index (χ1v) is 10.1. The SMILES string of the molecule is N[C@]1(c2ccccc2)CC[C@H](N2CCN(c3ccccc3Cl)C(=O)C2)CC1. The van der Waals surface area contributed by atoms with E-state index in [4.69, 9.17) is 17.3 Å². The number of hydrogen-bond acceptors (Lipinski definition) is 3. The molecule has 1 saturated heterocycles. The molecule has 5 heteroatoms. The van der Waals surface area contributed by atoms with Crippen LogP contribution in [0.4, 0.5) is 5.69 Å². The van der Waals surface area contributed by atoms with Gasteiger partial charge in [0.25, 0.3) is 0 Å². The fourth-order valence-corrected chi connectivity index (χ4v) is 4.71. The lowest BCUT2D eigenvalue weighted by molar-refractivity contribution is -0.122. The van der Waals surface area contributed by atoms with Crippen LogP contribution in [0.15, 0.2) is 54.6 Å². The predicted octanol–water partition coefficient (Wildman–Crippen LogP) is 3.79. The third-order valence-corrected chi connectivity index (χ3v) is 6.43. The molecule has 4 nitrogen and oxygen atoms in total. The smallest absolute Gasteiger partial charge is 0.241 e. The summed E-state index contributed by atoms with van der Waals surface area (Å²) in [6, 6.07) is 18.4. The van der Waals surface area contributed by atoms with E-state index in [1.165, 1.54) is 5.56 Å². The molecule has 1 amide bonds. The van der Waals surface area contributed by atoms with Gasteiger partial charge in [0.1, 0.15) is 0 Å². The maximum absolute atomic E-state index is 12.7. The van der Waals surface area contributed by atoms with E-state index in [1.54, 1.807) is 0 Å². The second-order valence-corrected chi connectivity index (χ2v) is 8.13. The van der Waals surface area contributed by atoms with Gasteiger partial charge >= 0.3 is 0 Å². The van der Waals surface area contributed by atoms with Crippen LogP contribution >= 0.6 is 11.6 Å². The molecule has 1 aliphatic heterocycles. The zero-order valence-corrected chi connectivity index (χ0v) is 16.2. The molecule has 2 aliphatic rings. The van der Waals surface area contributed by atoms with Crippen molar-refractivity contribution in [2.75, 3.05) is 24.5 Å². The van der Waals surface area contributed by atoms with Gasteiger partial charge < -0.3 is 10.6 Å². The first kappa shape index (κ1) is 18.5. The van der Waals surface area contributed by atoms with Gasteiger partial charge in [0.2, 0.25) is 5.91 Å². The molecule has 142 valence electrons. The molecule has 0 radical (unpaired) electrons.